The van der Waals surface area contributed by atoms with Gasteiger partial charge in [-0.3, -0.25) is 19.3 Å². The topological polar surface area (TPSA) is 161 Å². The number of ether oxygens (including phenoxy) is 3. The number of carbonyl (C=O) groups excluding carboxylic acids is 4. The molecule has 1 amide bonds. The SMILES string of the molecule is CC(CC(=O)NCCCC(=O)CN1CCN(C)CC1)Oc1cc(CO)c(CCC(=O)c2cc(Cl)c3c(c2Cl)C(=O)OC32c3ccc(N(C)C)cc3Oc3cc(N(C)C)ccc32)c(CO)c1. The summed E-state index contributed by atoms with van der Waals surface area (Å²) in [6.07, 6.45) is 0.451. The van der Waals surface area contributed by atoms with Crippen molar-refractivity contribution in [1.82, 2.24) is 15.1 Å². The van der Waals surface area contributed by atoms with E-state index in [1.807, 2.05) is 74.4 Å². The number of benzene rings is 4. The zero-order chi connectivity index (χ0) is 46.7. The van der Waals surface area contributed by atoms with E-state index in [1.165, 1.54) is 6.07 Å². The van der Waals surface area contributed by atoms with Crippen molar-refractivity contribution in [2.45, 2.75) is 63.9 Å². The Morgan fingerprint density at radius 1 is 0.877 bits per heavy atom. The average molecular weight is 931 g/mol. The summed E-state index contributed by atoms with van der Waals surface area (Å²) in [5.74, 6) is 0.0567. The van der Waals surface area contributed by atoms with E-state index < -0.39 is 36.7 Å². The van der Waals surface area contributed by atoms with Crippen LogP contribution < -0.4 is 24.6 Å². The number of hydrogen-bond acceptors (Lipinski definition) is 13. The molecule has 0 bridgehead atoms. The van der Waals surface area contributed by atoms with Crippen LogP contribution in [0.15, 0.2) is 54.6 Å². The predicted octanol–water partition coefficient (Wildman–Crippen LogP) is 6.36. The maximum Gasteiger partial charge on any atom is 0.341 e. The van der Waals surface area contributed by atoms with Gasteiger partial charge in [-0.15, -0.1) is 0 Å². The second-order valence-electron chi connectivity index (χ2n) is 17.5. The maximum absolute atomic E-state index is 14.1. The molecule has 1 atom stereocenters. The number of fused-ring (bicyclic) bond motifs is 6. The van der Waals surface area contributed by atoms with Crippen molar-refractivity contribution in [1.29, 1.82) is 0 Å². The molecule has 0 saturated carbocycles. The number of nitrogens with zero attached hydrogens (tertiary/aromatic N) is 4. The maximum atomic E-state index is 14.1. The molecule has 1 spiro atoms. The van der Waals surface area contributed by atoms with Crippen LogP contribution in [0.2, 0.25) is 10.0 Å². The van der Waals surface area contributed by atoms with Gasteiger partial charge in [0.25, 0.3) is 0 Å². The molecule has 4 aromatic rings. The summed E-state index contributed by atoms with van der Waals surface area (Å²) in [6.45, 7) is 5.39. The molecular weight excluding hydrogens is 873 g/mol. The van der Waals surface area contributed by atoms with Gasteiger partial charge in [0.15, 0.2) is 11.4 Å². The number of ketones is 2. The van der Waals surface area contributed by atoms with E-state index >= 15 is 0 Å². The third-order valence-corrected chi connectivity index (χ3v) is 13.1. The minimum atomic E-state index is -1.53. The van der Waals surface area contributed by atoms with Crippen molar-refractivity contribution >= 4 is 58.0 Å². The number of likely N-dealkylation sites (N-methyl/N-ethyl adjacent to an activating group) is 1. The van der Waals surface area contributed by atoms with Gasteiger partial charge in [0.2, 0.25) is 5.91 Å². The van der Waals surface area contributed by atoms with E-state index in [4.69, 9.17) is 37.4 Å². The summed E-state index contributed by atoms with van der Waals surface area (Å²) in [4.78, 5) is 61.6. The Morgan fingerprint density at radius 2 is 1.48 bits per heavy atom. The van der Waals surface area contributed by atoms with Crippen LogP contribution in [-0.2, 0) is 39.6 Å². The third kappa shape index (κ3) is 9.98. The molecule has 1 saturated heterocycles. The average Bonchev–Trinajstić information content (AvgIpc) is 3.59. The summed E-state index contributed by atoms with van der Waals surface area (Å²) >= 11 is 14.2. The molecule has 14 nitrogen and oxygen atoms in total. The van der Waals surface area contributed by atoms with E-state index in [-0.39, 0.29) is 52.1 Å². The minimum absolute atomic E-state index is 0.0158. The molecule has 1 fully saturated rings. The smallest absolute Gasteiger partial charge is 0.341 e. The van der Waals surface area contributed by atoms with Gasteiger partial charge in [0, 0.05) is 120 Å². The Morgan fingerprint density at radius 3 is 2.05 bits per heavy atom. The first-order valence-electron chi connectivity index (χ1n) is 21.9. The largest absolute Gasteiger partial charge is 0.490 e. The Balaban J connectivity index is 1.04. The van der Waals surface area contributed by atoms with Crippen LogP contribution in [0.5, 0.6) is 17.2 Å². The quantitative estimate of drug-likeness (QED) is 0.0575. The number of anilines is 2. The van der Waals surface area contributed by atoms with Gasteiger partial charge < -0.3 is 44.4 Å². The molecule has 16 heteroatoms. The van der Waals surface area contributed by atoms with E-state index in [9.17, 15) is 29.4 Å². The van der Waals surface area contributed by atoms with Crippen LogP contribution in [0.4, 0.5) is 11.4 Å². The molecule has 7 rings (SSSR count). The number of amides is 1. The summed E-state index contributed by atoms with van der Waals surface area (Å²) in [5, 5.41) is 23.7. The number of piperazine rings is 1. The highest BCUT2D eigenvalue weighted by Gasteiger charge is 2.56. The number of esters is 1. The minimum Gasteiger partial charge on any atom is -0.490 e. The van der Waals surface area contributed by atoms with E-state index in [0.29, 0.717) is 76.6 Å². The van der Waals surface area contributed by atoms with Crippen molar-refractivity contribution in [3.8, 4) is 17.2 Å². The zero-order valence-corrected chi connectivity index (χ0v) is 39.3. The molecule has 0 aromatic heterocycles. The number of aliphatic hydroxyl groups is 2. The highest BCUT2D eigenvalue weighted by atomic mass is 35.5. The molecule has 346 valence electrons. The molecule has 4 aromatic carbocycles. The number of hydrogen-bond donors (Lipinski definition) is 3. The highest BCUT2D eigenvalue weighted by Crippen LogP contribution is 2.59. The van der Waals surface area contributed by atoms with Gasteiger partial charge in [-0.2, -0.15) is 0 Å². The summed E-state index contributed by atoms with van der Waals surface area (Å²) in [7, 11) is 9.72. The molecule has 3 aliphatic heterocycles. The molecule has 0 aliphatic carbocycles. The zero-order valence-electron chi connectivity index (χ0n) is 37.8. The van der Waals surface area contributed by atoms with Crippen molar-refractivity contribution < 1.29 is 43.6 Å². The van der Waals surface area contributed by atoms with Crippen molar-refractivity contribution in [2.24, 2.45) is 0 Å². The molecular formula is C49H57Cl2N5O9. The van der Waals surface area contributed by atoms with E-state index in [2.05, 4.69) is 22.2 Å². The lowest BCUT2D eigenvalue weighted by molar-refractivity contribution is -0.123. The van der Waals surface area contributed by atoms with Gasteiger partial charge in [0.05, 0.1) is 41.8 Å². The predicted molar refractivity (Wildman–Crippen MR) is 250 cm³/mol. The first-order valence-corrected chi connectivity index (χ1v) is 22.6. The van der Waals surface area contributed by atoms with E-state index in [1.54, 1.807) is 19.1 Å². The van der Waals surface area contributed by atoms with Crippen LogP contribution in [0.1, 0.15) is 86.7 Å². The van der Waals surface area contributed by atoms with Crippen molar-refractivity contribution in [3.05, 3.63) is 109 Å². The second-order valence-corrected chi connectivity index (χ2v) is 18.2. The lowest BCUT2D eigenvalue weighted by Gasteiger charge is -2.37. The van der Waals surface area contributed by atoms with Crippen LogP contribution in [0.3, 0.4) is 0 Å². The van der Waals surface area contributed by atoms with Crippen LogP contribution in [0.25, 0.3) is 0 Å². The van der Waals surface area contributed by atoms with Crippen molar-refractivity contribution in [3.63, 3.8) is 0 Å². The first kappa shape index (κ1) is 47.7. The molecule has 0 radical (unpaired) electrons. The van der Waals surface area contributed by atoms with Crippen LogP contribution in [-0.4, -0.2) is 124 Å². The summed E-state index contributed by atoms with van der Waals surface area (Å²) in [5.41, 5.74) is 3.04. The first-order chi connectivity index (χ1) is 31.0. The Labute approximate surface area is 389 Å². The van der Waals surface area contributed by atoms with Gasteiger partial charge in [-0.25, -0.2) is 4.79 Å². The molecule has 3 heterocycles. The number of halogens is 2. The lowest BCUT2D eigenvalue weighted by atomic mass is 9.77. The molecule has 65 heavy (non-hydrogen) atoms. The standard InChI is InChI=1S/C49H57Cl2N5O9/c1-29(20-44(61)52-15-7-8-34(59)26-56-18-16-55(6)17-19-56)63-35-21-30(27-57)36(31(22-35)28-58)11-14-41(60)37-25-40(50)46-45(47(37)51)48(62)65-49(46)38-12-9-32(53(2)3)23-42(38)64-43-24-33(54(4)5)10-13-39(43)49/h9-10,12-13,21-25,29,57-58H,7-8,11,14-20,26-28H2,1-6H3,(H,52,61). The lowest BCUT2D eigenvalue weighted by Crippen LogP contribution is -2.46. The van der Waals surface area contributed by atoms with Crippen LogP contribution >= 0.6 is 23.2 Å². The highest BCUT2D eigenvalue weighted by molar-refractivity contribution is 6.40. The summed E-state index contributed by atoms with van der Waals surface area (Å²) in [6, 6.07) is 15.9. The molecule has 3 aliphatic rings. The monoisotopic (exact) mass is 929 g/mol. The van der Waals surface area contributed by atoms with E-state index in [0.717, 1.165) is 37.6 Å². The van der Waals surface area contributed by atoms with Crippen molar-refractivity contribution in [2.75, 3.05) is 84.3 Å². The number of Topliss-reactive ketones (excluding diaryl/α,β-unsaturated/α-hetero) is 2. The fraction of sp³-hybridized carbons (Fsp3) is 0.429. The number of nitrogens with one attached hydrogen (secondary N) is 1. The fourth-order valence-electron chi connectivity index (χ4n) is 8.84. The van der Waals surface area contributed by atoms with Crippen LogP contribution in [0, 0.1) is 0 Å². The summed E-state index contributed by atoms with van der Waals surface area (Å²) < 4.78 is 18.9. The molecule has 1 unspecified atom stereocenters. The number of rotatable bonds is 18. The Hall–Kier alpha value is -5.22. The molecule has 3 N–H and O–H groups in total. The Bertz CT molecular complexity index is 2400. The number of aliphatic hydroxyl groups excluding tert-OH is 2. The van der Waals surface area contributed by atoms with Gasteiger partial charge in [0.1, 0.15) is 29.1 Å². The number of carbonyl (C=O) groups is 4. The Kier molecular flexibility index (Phi) is 14.8. The second kappa shape index (κ2) is 20.1. The normalized spacial score (nSPS) is 15.6. The van der Waals surface area contributed by atoms with Gasteiger partial charge in [-0.1, -0.05) is 23.2 Å². The van der Waals surface area contributed by atoms with Gasteiger partial charge >= 0.3 is 5.97 Å². The third-order valence-electron chi connectivity index (χ3n) is 12.4. The fourth-order valence-corrected chi connectivity index (χ4v) is 9.51. The van der Waals surface area contributed by atoms with Gasteiger partial charge in [-0.05, 0) is 86.0 Å².